The molecule has 0 bridgehead atoms. The van der Waals surface area contributed by atoms with E-state index >= 15 is 0 Å². The predicted octanol–water partition coefficient (Wildman–Crippen LogP) is 1.01. The van der Waals surface area contributed by atoms with Gasteiger partial charge >= 0.3 is 0 Å². The van der Waals surface area contributed by atoms with Crippen LogP contribution < -0.4 is 0 Å². The topological polar surface area (TPSA) is 20.2 Å². The lowest BCUT2D eigenvalue weighted by molar-refractivity contribution is 0.475. The minimum atomic E-state index is 0. The molecular formula is C6H6BO. The summed E-state index contributed by atoms with van der Waals surface area (Å²) in [6, 6.07) is 8.71. The first kappa shape index (κ1) is 7.08. The Morgan fingerprint density at radius 3 is 1.75 bits per heavy atom. The van der Waals surface area contributed by atoms with Crippen LogP contribution in [0.15, 0.2) is 30.3 Å². The van der Waals surface area contributed by atoms with Gasteiger partial charge in [-0.05, 0) is 12.1 Å². The Morgan fingerprint density at radius 2 is 1.50 bits per heavy atom. The monoisotopic (exact) mass is 105 g/mol. The zero-order valence-electron chi connectivity index (χ0n) is 4.41. The number of benzene rings is 1. The number of phenols is 1. The first-order valence-electron chi connectivity index (χ1n) is 2.13. The second kappa shape index (κ2) is 3.13. The van der Waals surface area contributed by atoms with Crippen LogP contribution in [0.25, 0.3) is 0 Å². The molecule has 0 amide bonds. The Labute approximate surface area is 50.5 Å². The van der Waals surface area contributed by atoms with Crippen molar-refractivity contribution in [1.82, 2.24) is 0 Å². The van der Waals surface area contributed by atoms with E-state index in [1.807, 2.05) is 6.07 Å². The van der Waals surface area contributed by atoms with Crippen molar-refractivity contribution in [2.75, 3.05) is 0 Å². The van der Waals surface area contributed by atoms with E-state index in [9.17, 15) is 0 Å². The number of hydrogen-bond donors (Lipinski definition) is 1. The van der Waals surface area contributed by atoms with Crippen LogP contribution in [0.3, 0.4) is 0 Å². The van der Waals surface area contributed by atoms with Gasteiger partial charge in [0.15, 0.2) is 0 Å². The first-order valence-corrected chi connectivity index (χ1v) is 2.13. The van der Waals surface area contributed by atoms with Crippen LogP contribution in [-0.2, 0) is 0 Å². The number of rotatable bonds is 0. The molecule has 0 fully saturated rings. The van der Waals surface area contributed by atoms with E-state index < -0.39 is 0 Å². The van der Waals surface area contributed by atoms with Gasteiger partial charge in [-0.3, -0.25) is 0 Å². The van der Waals surface area contributed by atoms with Crippen molar-refractivity contribution in [3.05, 3.63) is 30.3 Å². The van der Waals surface area contributed by atoms with E-state index in [0.29, 0.717) is 5.75 Å². The van der Waals surface area contributed by atoms with Crippen molar-refractivity contribution < 1.29 is 5.11 Å². The summed E-state index contributed by atoms with van der Waals surface area (Å²) in [5.74, 6) is 0.322. The standard InChI is InChI=1S/C6H6O.B/c7-6-4-2-1-3-5-6;/h1-5,7H;. The first-order chi connectivity index (χ1) is 3.39. The molecule has 1 aromatic rings. The lowest BCUT2D eigenvalue weighted by Crippen LogP contribution is -1.56. The molecule has 8 heavy (non-hydrogen) atoms. The largest absolute Gasteiger partial charge is 0.508 e. The number of phenolic OH excluding ortho intramolecular Hbond substituents is 1. The van der Waals surface area contributed by atoms with E-state index in [-0.39, 0.29) is 8.41 Å². The van der Waals surface area contributed by atoms with Gasteiger partial charge in [-0.15, -0.1) is 0 Å². The van der Waals surface area contributed by atoms with E-state index in [1.54, 1.807) is 24.3 Å². The average Bonchev–Trinajstić information content (AvgIpc) is 1.69. The molecule has 39 valence electrons. The Kier molecular flexibility index (Phi) is 2.78. The van der Waals surface area contributed by atoms with Crippen molar-refractivity contribution >= 4 is 8.41 Å². The molecule has 0 atom stereocenters. The van der Waals surface area contributed by atoms with Gasteiger partial charge in [0.1, 0.15) is 5.75 Å². The van der Waals surface area contributed by atoms with E-state index in [4.69, 9.17) is 5.11 Å². The second-order valence-corrected chi connectivity index (χ2v) is 1.34. The molecule has 0 unspecified atom stereocenters. The number of aromatic hydroxyl groups is 1. The van der Waals surface area contributed by atoms with Crippen molar-refractivity contribution in [3.8, 4) is 5.75 Å². The van der Waals surface area contributed by atoms with Crippen LogP contribution in [0.1, 0.15) is 0 Å². The van der Waals surface area contributed by atoms with Crippen molar-refractivity contribution in [2.24, 2.45) is 0 Å². The van der Waals surface area contributed by atoms with Crippen LogP contribution >= 0.6 is 0 Å². The van der Waals surface area contributed by atoms with E-state index in [2.05, 4.69) is 0 Å². The normalized spacial score (nSPS) is 7.50. The predicted molar refractivity (Wildman–Crippen MR) is 33.9 cm³/mol. The number of hydrogen-bond acceptors (Lipinski definition) is 1. The molecular weight excluding hydrogens is 98.9 g/mol. The molecule has 1 rings (SSSR count). The molecule has 0 saturated heterocycles. The molecule has 0 aromatic heterocycles. The van der Waals surface area contributed by atoms with Crippen LogP contribution in [0, 0.1) is 0 Å². The fourth-order valence-electron chi connectivity index (χ4n) is 0.428. The summed E-state index contributed by atoms with van der Waals surface area (Å²) in [7, 11) is 0. The van der Waals surface area contributed by atoms with Gasteiger partial charge in [-0.2, -0.15) is 0 Å². The fraction of sp³-hybridized carbons (Fsp3) is 0. The summed E-state index contributed by atoms with van der Waals surface area (Å²) in [6.07, 6.45) is 0. The molecule has 0 aliphatic heterocycles. The second-order valence-electron chi connectivity index (χ2n) is 1.34. The smallest absolute Gasteiger partial charge is 0.115 e. The summed E-state index contributed by atoms with van der Waals surface area (Å²) < 4.78 is 0. The van der Waals surface area contributed by atoms with Crippen LogP contribution in [-0.4, -0.2) is 13.5 Å². The molecule has 0 aliphatic rings. The Bertz CT molecular complexity index is 138. The molecule has 0 aliphatic carbocycles. The van der Waals surface area contributed by atoms with Crippen LogP contribution in [0.2, 0.25) is 0 Å². The molecule has 1 N–H and O–H groups in total. The summed E-state index contributed by atoms with van der Waals surface area (Å²) in [4.78, 5) is 0. The third-order valence-electron chi connectivity index (χ3n) is 0.756. The quantitative estimate of drug-likeness (QED) is 0.488. The van der Waals surface area contributed by atoms with Gasteiger partial charge < -0.3 is 5.11 Å². The molecule has 3 radical (unpaired) electrons. The maximum atomic E-state index is 8.63. The Hall–Kier alpha value is -0.915. The summed E-state index contributed by atoms with van der Waals surface area (Å²) in [5, 5.41) is 8.63. The van der Waals surface area contributed by atoms with Crippen molar-refractivity contribution in [2.45, 2.75) is 0 Å². The lowest BCUT2D eigenvalue weighted by Gasteiger charge is -1.82. The van der Waals surface area contributed by atoms with Crippen molar-refractivity contribution in [1.29, 1.82) is 0 Å². The fourth-order valence-corrected chi connectivity index (χ4v) is 0.428. The molecule has 0 spiro atoms. The molecule has 0 saturated carbocycles. The molecule has 1 nitrogen and oxygen atoms in total. The van der Waals surface area contributed by atoms with Crippen LogP contribution in [0.5, 0.6) is 5.75 Å². The minimum absolute atomic E-state index is 0. The third kappa shape index (κ3) is 1.69. The zero-order valence-corrected chi connectivity index (χ0v) is 4.41. The van der Waals surface area contributed by atoms with Gasteiger partial charge in [0, 0.05) is 8.41 Å². The number of para-hydroxylation sites is 1. The third-order valence-corrected chi connectivity index (χ3v) is 0.756. The van der Waals surface area contributed by atoms with Gasteiger partial charge in [-0.25, -0.2) is 0 Å². The molecule has 1 aromatic carbocycles. The highest BCUT2D eigenvalue weighted by Gasteiger charge is 1.74. The Balaban J connectivity index is 0.000000490. The van der Waals surface area contributed by atoms with Crippen molar-refractivity contribution in [3.63, 3.8) is 0 Å². The maximum Gasteiger partial charge on any atom is 0.115 e. The molecule has 0 heterocycles. The Morgan fingerprint density at radius 1 is 1.00 bits per heavy atom. The van der Waals surface area contributed by atoms with Gasteiger partial charge in [0.25, 0.3) is 0 Å². The summed E-state index contributed by atoms with van der Waals surface area (Å²) in [6.45, 7) is 0. The van der Waals surface area contributed by atoms with Crippen LogP contribution in [0.4, 0.5) is 0 Å². The van der Waals surface area contributed by atoms with Gasteiger partial charge in [0.2, 0.25) is 0 Å². The van der Waals surface area contributed by atoms with Gasteiger partial charge in [0.05, 0.1) is 0 Å². The minimum Gasteiger partial charge on any atom is -0.508 e. The SMILES string of the molecule is Oc1ccccc1.[B]. The summed E-state index contributed by atoms with van der Waals surface area (Å²) >= 11 is 0. The highest BCUT2D eigenvalue weighted by Crippen LogP contribution is 2.02. The molecule has 2 heteroatoms. The van der Waals surface area contributed by atoms with E-state index in [1.165, 1.54) is 0 Å². The zero-order chi connectivity index (χ0) is 5.11. The van der Waals surface area contributed by atoms with E-state index in [0.717, 1.165) is 0 Å². The highest BCUT2D eigenvalue weighted by molar-refractivity contribution is 5.75. The average molecular weight is 105 g/mol. The lowest BCUT2D eigenvalue weighted by atomic mass is 10.3. The van der Waals surface area contributed by atoms with Gasteiger partial charge in [-0.1, -0.05) is 18.2 Å². The maximum absolute atomic E-state index is 8.63. The highest BCUT2D eigenvalue weighted by atomic mass is 16.3. The summed E-state index contributed by atoms with van der Waals surface area (Å²) in [5.41, 5.74) is 0.